The first kappa shape index (κ1) is 38.4. The van der Waals surface area contributed by atoms with Crippen molar-refractivity contribution in [3.05, 3.63) is 60.7 Å². The summed E-state index contributed by atoms with van der Waals surface area (Å²) >= 11 is 0. The molecule has 16 heteroatoms. The number of rotatable bonds is 22. The van der Waals surface area contributed by atoms with Crippen LogP contribution in [-0.4, -0.2) is 76.4 Å². The van der Waals surface area contributed by atoms with Gasteiger partial charge in [0.1, 0.15) is 23.0 Å². The molecule has 0 saturated carbocycles. The van der Waals surface area contributed by atoms with Crippen LogP contribution < -0.4 is 63.1 Å². The van der Waals surface area contributed by atoms with E-state index in [1.165, 1.54) is 0 Å². The fourth-order valence-electron chi connectivity index (χ4n) is 4.63. The Balaban J connectivity index is 1.84. The van der Waals surface area contributed by atoms with Gasteiger partial charge in [-0.3, -0.25) is 21.6 Å². The molecule has 3 aromatic rings. The molecular weight excluding hydrogens is 640 g/mol. The molecule has 0 aromatic heterocycles. The monoisotopic (exact) mass is 690 g/mol. The number of nitrogens with one attached hydrogen (secondary N) is 8. The first-order valence-electron chi connectivity index (χ1n) is 16.3. The van der Waals surface area contributed by atoms with Crippen molar-refractivity contribution in [2.75, 3.05) is 52.6 Å². The third-order valence-electron chi connectivity index (χ3n) is 6.91. The van der Waals surface area contributed by atoms with E-state index in [1.807, 2.05) is 54.6 Å². The summed E-state index contributed by atoms with van der Waals surface area (Å²) in [5.41, 5.74) is 25.2. The van der Waals surface area contributed by atoms with Crippen LogP contribution in [0.4, 0.5) is 0 Å². The van der Waals surface area contributed by atoms with Gasteiger partial charge in [-0.15, -0.1) is 0 Å². The molecule has 270 valence electrons. The largest absolute Gasteiger partial charge is 0.493 e. The van der Waals surface area contributed by atoms with E-state index >= 15 is 0 Å². The minimum atomic E-state index is -0.0819. The molecule has 0 fully saturated rings. The minimum Gasteiger partial charge on any atom is -0.493 e. The quantitative estimate of drug-likeness (QED) is 0.0410. The lowest BCUT2D eigenvalue weighted by molar-refractivity contribution is 0.296. The van der Waals surface area contributed by atoms with Crippen LogP contribution in [0.1, 0.15) is 25.7 Å². The smallest absolute Gasteiger partial charge is 0.185 e. The number of benzene rings is 3. The van der Waals surface area contributed by atoms with Crippen molar-refractivity contribution < 1.29 is 18.9 Å². The van der Waals surface area contributed by atoms with Crippen molar-refractivity contribution in [3.8, 4) is 45.3 Å². The molecule has 0 aliphatic rings. The molecule has 0 saturated heterocycles. The predicted octanol–water partition coefficient (Wildman–Crippen LogP) is 2.03. The van der Waals surface area contributed by atoms with Gasteiger partial charge < -0.3 is 63.1 Å². The van der Waals surface area contributed by atoms with Crippen LogP contribution in [0, 0.1) is 21.6 Å². The summed E-state index contributed by atoms with van der Waals surface area (Å²) in [7, 11) is 0. The summed E-state index contributed by atoms with van der Waals surface area (Å²) in [5.74, 6) is 2.22. The summed E-state index contributed by atoms with van der Waals surface area (Å²) in [6.45, 7) is 3.72. The van der Waals surface area contributed by atoms with Crippen LogP contribution in [-0.2, 0) is 0 Å². The van der Waals surface area contributed by atoms with Crippen LogP contribution >= 0.6 is 0 Å². The summed E-state index contributed by atoms with van der Waals surface area (Å²) in [5, 5.41) is 40.4. The van der Waals surface area contributed by atoms with E-state index in [2.05, 4.69) is 27.3 Å². The molecule has 0 heterocycles. The average molecular weight is 691 g/mol. The maximum absolute atomic E-state index is 7.33. The Morgan fingerprint density at radius 1 is 0.420 bits per heavy atom. The van der Waals surface area contributed by atoms with E-state index in [0.717, 1.165) is 22.3 Å². The van der Waals surface area contributed by atoms with Gasteiger partial charge in [0.25, 0.3) is 0 Å². The van der Waals surface area contributed by atoms with Crippen molar-refractivity contribution in [1.82, 2.24) is 21.3 Å². The molecule has 0 aliphatic heterocycles. The van der Waals surface area contributed by atoms with Gasteiger partial charge in [-0.2, -0.15) is 0 Å². The second kappa shape index (κ2) is 21.0. The number of guanidine groups is 4. The summed E-state index contributed by atoms with van der Waals surface area (Å²) in [4.78, 5) is 0. The molecule has 0 unspecified atom stereocenters. The van der Waals surface area contributed by atoms with Gasteiger partial charge in [0.05, 0.1) is 26.4 Å². The first-order chi connectivity index (χ1) is 24.1. The van der Waals surface area contributed by atoms with E-state index in [-0.39, 0.29) is 23.8 Å². The van der Waals surface area contributed by atoms with E-state index in [4.69, 9.17) is 63.5 Å². The van der Waals surface area contributed by atoms with E-state index < -0.39 is 0 Å². The Morgan fingerprint density at radius 3 is 0.960 bits per heavy atom. The Morgan fingerprint density at radius 2 is 0.700 bits per heavy atom. The van der Waals surface area contributed by atoms with Crippen molar-refractivity contribution >= 4 is 23.8 Å². The molecule has 16 nitrogen and oxygen atoms in total. The van der Waals surface area contributed by atoms with Crippen LogP contribution in [0.25, 0.3) is 22.3 Å². The Kier molecular flexibility index (Phi) is 16.1. The van der Waals surface area contributed by atoms with Gasteiger partial charge in [0.2, 0.25) is 0 Å². The van der Waals surface area contributed by atoms with Crippen molar-refractivity contribution in [2.24, 2.45) is 22.9 Å². The molecule has 0 bridgehead atoms. The summed E-state index contributed by atoms with van der Waals surface area (Å²) < 4.78 is 24.3. The number of nitrogens with two attached hydrogens (primary N) is 4. The average Bonchev–Trinajstić information content (AvgIpc) is 3.07. The number of ether oxygens (including phenoxy) is 4. The zero-order valence-corrected chi connectivity index (χ0v) is 28.2. The van der Waals surface area contributed by atoms with Gasteiger partial charge in [0.15, 0.2) is 23.8 Å². The van der Waals surface area contributed by atoms with Crippen LogP contribution in [0.2, 0.25) is 0 Å². The van der Waals surface area contributed by atoms with E-state index in [9.17, 15) is 0 Å². The maximum Gasteiger partial charge on any atom is 0.185 e. The molecule has 3 aromatic carbocycles. The highest BCUT2D eigenvalue weighted by atomic mass is 16.5. The fraction of sp³-hybridized carbons (Fsp3) is 0.353. The minimum absolute atomic E-state index is 0.0819. The Hall–Kier alpha value is -6.06. The maximum atomic E-state index is 7.33. The Bertz CT molecular complexity index is 1370. The van der Waals surface area contributed by atoms with Crippen LogP contribution in [0.5, 0.6) is 23.0 Å². The molecule has 0 amide bonds. The highest BCUT2D eigenvalue weighted by Gasteiger charge is 2.11. The van der Waals surface area contributed by atoms with Crippen molar-refractivity contribution in [2.45, 2.75) is 25.7 Å². The van der Waals surface area contributed by atoms with Gasteiger partial charge >= 0.3 is 0 Å². The second-order valence-corrected chi connectivity index (χ2v) is 11.1. The third kappa shape index (κ3) is 15.2. The summed E-state index contributed by atoms with van der Waals surface area (Å²) in [6.07, 6.45) is 2.59. The highest BCUT2D eigenvalue weighted by molar-refractivity contribution is 5.77. The van der Waals surface area contributed by atoms with Crippen LogP contribution in [0.3, 0.4) is 0 Å². The van der Waals surface area contributed by atoms with E-state index in [0.29, 0.717) is 101 Å². The lowest BCUT2D eigenvalue weighted by Gasteiger charge is -2.15. The van der Waals surface area contributed by atoms with Gasteiger partial charge in [-0.25, -0.2) is 0 Å². The van der Waals surface area contributed by atoms with Gasteiger partial charge in [-0.05, 0) is 78.3 Å². The molecule has 50 heavy (non-hydrogen) atoms. The molecule has 0 spiro atoms. The molecule has 0 aliphatic carbocycles. The molecule has 16 N–H and O–H groups in total. The standard InChI is InChI=1S/C34H50N12O4/c35-31(36)43-8-2-12-47-27-17-25(18-28(21-27)48-13-3-9-44-32(37)38)23-6-1-7-24(16-23)26-19-29(49-14-4-10-45-33(39)40)22-30(20-26)50-15-5-11-46-34(41)42/h1,6-7,16-22H,2-5,8-15H2,(H4,35,36,43)(H4,37,38,44)(H4,39,40,45)(H4,41,42,46). The predicted molar refractivity (Wildman–Crippen MR) is 197 cm³/mol. The molecule has 3 rings (SSSR count). The van der Waals surface area contributed by atoms with Crippen molar-refractivity contribution in [3.63, 3.8) is 0 Å². The highest BCUT2D eigenvalue weighted by Crippen LogP contribution is 2.35. The zero-order valence-electron chi connectivity index (χ0n) is 28.2. The molecule has 0 radical (unpaired) electrons. The van der Waals surface area contributed by atoms with Crippen LogP contribution in [0.15, 0.2) is 60.7 Å². The van der Waals surface area contributed by atoms with Crippen molar-refractivity contribution in [1.29, 1.82) is 21.6 Å². The number of hydrogen-bond acceptors (Lipinski definition) is 8. The summed E-state index contributed by atoms with van der Waals surface area (Å²) in [6, 6.07) is 19.6. The Labute approximate surface area is 292 Å². The van der Waals surface area contributed by atoms with Gasteiger partial charge in [0, 0.05) is 38.3 Å². The first-order valence-corrected chi connectivity index (χ1v) is 16.3. The normalized spacial score (nSPS) is 10.4. The topological polar surface area (TPSA) is 285 Å². The molecule has 0 atom stereocenters. The lowest BCUT2D eigenvalue weighted by Crippen LogP contribution is -2.31. The number of hydrogen-bond donors (Lipinski definition) is 12. The second-order valence-electron chi connectivity index (χ2n) is 11.1. The zero-order chi connectivity index (χ0) is 36.1. The molecular formula is C34H50N12O4. The lowest BCUT2D eigenvalue weighted by atomic mass is 9.98. The fourth-order valence-corrected chi connectivity index (χ4v) is 4.63. The van der Waals surface area contributed by atoms with Gasteiger partial charge in [-0.1, -0.05) is 18.2 Å². The SMILES string of the molecule is N=C(N)NCCCOc1cc(OCCCNC(=N)N)cc(-c2cccc(-c3cc(OCCCNC(=N)N)cc(OCCCNC(=N)N)c3)c2)c1. The van der Waals surface area contributed by atoms with E-state index in [1.54, 1.807) is 0 Å². The third-order valence-corrected chi connectivity index (χ3v) is 6.91.